The van der Waals surface area contributed by atoms with Gasteiger partial charge in [-0.05, 0) is 42.3 Å². The third kappa shape index (κ3) is 5.26. The van der Waals surface area contributed by atoms with Crippen molar-refractivity contribution in [2.75, 3.05) is 32.7 Å². The number of nitrogens with zero attached hydrogens (tertiary/aromatic N) is 1. The largest absolute Gasteiger partial charge is 0.315 e. The molecule has 0 aromatic heterocycles. The van der Waals surface area contributed by atoms with Crippen LogP contribution >= 0.6 is 0 Å². The van der Waals surface area contributed by atoms with Gasteiger partial charge in [0.2, 0.25) is 0 Å². The molecular weight excluding hydrogens is 244 g/mol. The van der Waals surface area contributed by atoms with Crippen LogP contribution < -0.4 is 5.32 Å². The molecule has 2 nitrogen and oxygen atoms in total. The minimum Gasteiger partial charge on any atom is -0.315 e. The molecule has 1 aliphatic heterocycles. The molecule has 0 atom stereocenters. The first-order chi connectivity index (χ1) is 9.54. The van der Waals surface area contributed by atoms with E-state index in [0.717, 1.165) is 13.1 Å². The zero-order valence-corrected chi connectivity index (χ0v) is 13.4. The van der Waals surface area contributed by atoms with E-state index in [-0.39, 0.29) is 0 Å². The molecule has 1 aliphatic rings. The molecule has 0 spiro atoms. The van der Waals surface area contributed by atoms with Gasteiger partial charge in [0.25, 0.3) is 0 Å². The smallest absolute Gasteiger partial charge is 0.0107 e. The lowest BCUT2D eigenvalue weighted by atomic mass is 9.92. The van der Waals surface area contributed by atoms with Crippen LogP contribution in [0.15, 0.2) is 24.3 Å². The quantitative estimate of drug-likeness (QED) is 0.830. The molecule has 0 saturated carbocycles. The Morgan fingerprint density at radius 2 is 1.60 bits per heavy atom. The molecule has 2 rings (SSSR count). The molecule has 1 N–H and O–H groups in total. The van der Waals surface area contributed by atoms with Gasteiger partial charge in [-0.3, -0.25) is 0 Å². The maximum atomic E-state index is 3.59. The summed E-state index contributed by atoms with van der Waals surface area (Å²) in [4.78, 5) is 2.60. The second kappa shape index (κ2) is 7.24. The van der Waals surface area contributed by atoms with Crippen molar-refractivity contribution in [3.05, 3.63) is 35.4 Å². The molecule has 0 aliphatic carbocycles. The third-order valence-electron chi connectivity index (χ3n) is 4.17. The molecule has 0 bridgehead atoms. The van der Waals surface area contributed by atoms with Gasteiger partial charge in [0, 0.05) is 26.2 Å². The van der Waals surface area contributed by atoms with E-state index in [4.69, 9.17) is 0 Å². The summed E-state index contributed by atoms with van der Waals surface area (Å²) in [5.74, 6) is 0. The lowest BCUT2D eigenvalue weighted by Crippen LogP contribution is -2.34. The van der Waals surface area contributed by atoms with Crippen LogP contribution in [-0.2, 0) is 12.8 Å². The minimum absolute atomic E-state index is 0.442. The van der Waals surface area contributed by atoms with Gasteiger partial charge in [0.15, 0.2) is 0 Å². The molecule has 2 heteroatoms. The van der Waals surface area contributed by atoms with Crippen molar-refractivity contribution in [1.82, 2.24) is 10.2 Å². The third-order valence-corrected chi connectivity index (χ3v) is 4.17. The number of fused-ring (bicyclic) bond motifs is 1. The Labute approximate surface area is 124 Å². The summed E-state index contributed by atoms with van der Waals surface area (Å²) in [5.41, 5.74) is 3.54. The fourth-order valence-corrected chi connectivity index (χ4v) is 2.76. The molecule has 0 saturated heterocycles. The zero-order chi connectivity index (χ0) is 14.4. The van der Waals surface area contributed by atoms with Crippen molar-refractivity contribution in [3.8, 4) is 0 Å². The molecule has 1 heterocycles. The summed E-state index contributed by atoms with van der Waals surface area (Å²) in [6.07, 6.45) is 3.66. The van der Waals surface area contributed by atoms with Gasteiger partial charge < -0.3 is 10.2 Å². The number of hydrogen-bond acceptors (Lipinski definition) is 2. The zero-order valence-electron chi connectivity index (χ0n) is 13.4. The highest BCUT2D eigenvalue weighted by atomic mass is 15.1. The second-order valence-corrected chi connectivity index (χ2v) is 7.17. The van der Waals surface area contributed by atoms with Crippen molar-refractivity contribution >= 4 is 0 Å². The predicted molar refractivity (Wildman–Crippen MR) is 87.2 cm³/mol. The fourth-order valence-electron chi connectivity index (χ4n) is 2.76. The standard InChI is InChI=1S/C18H30N2/c1-18(2,3)10-11-19-12-15-20-13-8-16-6-4-5-7-17(16)9-14-20/h4-7,19H,8-15H2,1-3H3. The molecule has 0 unspecified atom stereocenters. The van der Waals surface area contributed by atoms with Crippen LogP contribution in [0.3, 0.4) is 0 Å². The highest BCUT2D eigenvalue weighted by Gasteiger charge is 2.13. The number of benzene rings is 1. The number of rotatable bonds is 5. The van der Waals surface area contributed by atoms with Gasteiger partial charge in [-0.25, -0.2) is 0 Å². The summed E-state index contributed by atoms with van der Waals surface area (Å²) >= 11 is 0. The van der Waals surface area contributed by atoms with E-state index in [1.807, 2.05) is 0 Å². The summed E-state index contributed by atoms with van der Waals surface area (Å²) in [6.45, 7) is 12.8. The first-order valence-corrected chi connectivity index (χ1v) is 8.04. The van der Waals surface area contributed by atoms with Crippen molar-refractivity contribution in [2.45, 2.75) is 40.0 Å². The van der Waals surface area contributed by atoms with Gasteiger partial charge in [0.05, 0.1) is 0 Å². The van der Waals surface area contributed by atoms with Gasteiger partial charge in [0.1, 0.15) is 0 Å². The van der Waals surface area contributed by atoms with Gasteiger partial charge >= 0.3 is 0 Å². The lowest BCUT2D eigenvalue weighted by molar-refractivity contribution is 0.282. The Hall–Kier alpha value is -0.860. The van der Waals surface area contributed by atoms with E-state index in [2.05, 4.69) is 55.3 Å². The van der Waals surface area contributed by atoms with Crippen LogP contribution in [0.25, 0.3) is 0 Å². The van der Waals surface area contributed by atoms with Crippen LogP contribution in [0, 0.1) is 5.41 Å². The van der Waals surface area contributed by atoms with Gasteiger partial charge in [-0.15, -0.1) is 0 Å². The maximum Gasteiger partial charge on any atom is 0.0107 e. The van der Waals surface area contributed by atoms with Crippen molar-refractivity contribution in [2.24, 2.45) is 5.41 Å². The van der Waals surface area contributed by atoms with Crippen molar-refractivity contribution in [3.63, 3.8) is 0 Å². The first kappa shape index (κ1) is 15.5. The van der Waals surface area contributed by atoms with Crippen LogP contribution in [0.1, 0.15) is 38.3 Å². The molecule has 20 heavy (non-hydrogen) atoms. The Morgan fingerprint density at radius 3 is 2.15 bits per heavy atom. The summed E-state index contributed by atoms with van der Waals surface area (Å²) in [5, 5.41) is 3.59. The second-order valence-electron chi connectivity index (χ2n) is 7.17. The highest BCUT2D eigenvalue weighted by molar-refractivity contribution is 5.28. The van der Waals surface area contributed by atoms with E-state index < -0.39 is 0 Å². The molecule has 112 valence electrons. The first-order valence-electron chi connectivity index (χ1n) is 8.04. The van der Waals surface area contributed by atoms with Gasteiger partial charge in [-0.2, -0.15) is 0 Å². The van der Waals surface area contributed by atoms with E-state index >= 15 is 0 Å². The summed E-state index contributed by atoms with van der Waals surface area (Å²) in [6, 6.07) is 8.92. The molecule has 0 amide bonds. The predicted octanol–water partition coefficient (Wildman–Crippen LogP) is 3.11. The fraction of sp³-hybridized carbons (Fsp3) is 0.667. The van der Waals surface area contributed by atoms with Crippen LogP contribution in [0.4, 0.5) is 0 Å². The molecular formula is C18H30N2. The van der Waals surface area contributed by atoms with E-state index in [1.54, 1.807) is 11.1 Å². The minimum atomic E-state index is 0.442. The summed E-state index contributed by atoms with van der Waals surface area (Å²) < 4.78 is 0. The summed E-state index contributed by atoms with van der Waals surface area (Å²) in [7, 11) is 0. The average Bonchev–Trinajstić information content (AvgIpc) is 2.60. The van der Waals surface area contributed by atoms with Crippen LogP contribution in [-0.4, -0.2) is 37.6 Å². The average molecular weight is 274 g/mol. The maximum absolute atomic E-state index is 3.59. The van der Waals surface area contributed by atoms with Crippen molar-refractivity contribution < 1.29 is 0 Å². The topological polar surface area (TPSA) is 15.3 Å². The van der Waals surface area contributed by atoms with Crippen LogP contribution in [0.2, 0.25) is 0 Å². The Balaban J connectivity index is 1.66. The SMILES string of the molecule is CC(C)(C)CCNCCN1CCc2ccccc2CC1. The Bertz CT molecular complexity index is 379. The number of nitrogens with one attached hydrogen (secondary N) is 1. The van der Waals surface area contributed by atoms with E-state index in [1.165, 1.54) is 38.9 Å². The van der Waals surface area contributed by atoms with Gasteiger partial charge in [-0.1, -0.05) is 45.0 Å². The Kier molecular flexibility index (Phi) is 5.62. The van der Waals surface area contributed by atoms with E-state index in [0.29, 0.717) is 5.41 Å². The van der Waals surface area contributed by atoms with E-state index in [9.17, 15) is 0 Å². The molecule has 1 aromatic rings. The monoisotopic (exact) mass is 274 g/mol. The Morgan fingerprint density at radius 1 is 1.00 bits per heavy atom. The van der Waals surface area contributed by atoms with Crippen molar-refractivity contribution in [1.29, 1.82) is 0 Å². The molecule has 1 aromatic carbocycles. The molecule has 0 radical (unpaired) electrons. The normalized spacial score (nSPS) is 16.8. The van der Waals surface area contributed by atoms with Crippen LogP contribution in [0.5, 0.6) is 0 Å². The lowest BCUT2D eigenvalue weighted by Gasteiger charge is -2.21. The number of hydrogen-bond donors (Lipinski definition) is 1. The molecule has 0 fully saturated rings. The highest BCUT2D eigenvalue weighted by Crippen LogP contribution is 2.17.